The maximum Gasteiger partial charge on any atom is 0.306 e. The number of carbonyl (C=O) groups is 2. The van der Waals surface area contributed by atoms with Crippen LogP contribution in [0.2, 0.25) is 0 Å². The van der Waals surface area contributed by atoms with Gasteiger partial charge in [-0.2, -0.15) is 0 Å². The maximum absolute atomic E-state index is 11.3. The van der Waals surface area contributed by atoms with Crippen molar-refractivity contribution < 1.29 is 19.1 Å². The van der Waals surface area contributed by atoms with Crippen molar-refractivity contribution in [2.75, 3.05) is 13.2 Å². The zero-order valence-corrected chi connectivity index (χ0v) is 14.9. The summed E-state index contributed by atoms with van der Waals surface area (Å²) in [5.41, 5.74) is 0. The first-order valence-corrected chi connectivity index (χ1v) is 8.80. The average molecular weight is 314 g/mol. The highest BCUT2D eigenvalue weighted by atomic mass is 16.5. The van der Waals surface area contributed by atoms with Gasteiger partial charge in [0, 0.05) is 12.8 Å². The Balaban J connectivity index is 3.49. The third-order valence-corrected chi connectivity index (χ3v) is 3.78. The minimum atomic E-state index is -0.0807. The van der Waals surface area contributed by atoms with Gasteiger partial charge in [-0.1, -0.05) is 52.4 Å². The van der Waals surface area contributed by atoms with Crippen molar-refractivity contribution in [1.82, 2.24) is 0 Å². The summed E-state index contributed by atoms with van der Waals surface area (Å²) < 4.78 is 9.91. The van der Waals surface area contributed by atoms with Crippen LogP contribution in [0, 0.1) is 11.8 Å². The molecule has 0 aliphatic carbocycles. The molecule has 0 aromatic heterocycles. The molecule has 0 rings (SSSR count). The second-order valence-corrected chi connectivity index (χ2v) is 6.22. The van der Waals surface area contributed by atoms with Gasteiger partial charge in [-0.25, -0.2) is 0 Å². The average Bonchev–Trinajstić information content (AvgIpc) is 2.42. The molecule has 0 heterocycles. The maximum atomic E-state index is 11.3. The highest BCUT2D eigenvalue weighted by molar-refractivity contribution is 5.69. The van der Waals surface area contributed by atoms with E-state index < -0.39 is 0 Å². The van der Waals surface area contributed by atoms with Crippen LogP contribution in [0.25, 0.3) is 0 Å². The minimum Gasteiger partial charge on any atom is -0.466 e. The van der Waals surface area contributed by atoms with Crippen LogP contribution in [-0.4, -0.2) is 25.2 Å². The van der Waals surface area contributed by atoms with Gasteiger partial charge >= 0.3 is 11.9 Å². The van der Waals surface area contributed by atoms with Gasteiger partial charge in [-0.15, -0.1) is 0 Å². The van der Waals surface area contributed by atoms with E-state index in [9.17, 15) is 9.59 Å². The molecule has 4 nitrogen and oxygen atoms in total. The molecule has 0 bridgehead atoms. The number of hydrogen-bond acceptors (Lipinski definition) is 4. The number of hydrogen-bond donors (Lipinski definition) is 0. The van der Waals surface area contributed by atoms with Crippen LogP contribution in [-0.2, 0) is 19.1 Å². The van der Waals surface area contributed by atoms with Crippen LogP contribution in [0.15, 0.2) is 0 Å². The van der Waals surface area contributed by atoms with Gasteiger partial charge in [0.25, 0.3) is 0 Å². The summed E-state index contributed by atoms with van der Waals surface area (Å²) in [4.78, 5) is 22.7. The lowest BCUT2D eigenvalue weighted by Crippen LogP contribution is -2.09. The fourth-order valence-corrected chi connectivity index (χ4v) is 2.55. The molecule has 0 aromatic carbocycles. The van der Waals surface area contributed by atoms with E-state index in [4.69, 9.17) is 9.47 Å². The van der Waals surface area contributed by atoms with Gasteiger partial charge in [-0.05, 0) is 25.7 Å². The third-order valence-electron chi connectivity index (χ3n) is 3.78. The van der Waals surface area contributed by atoms with Crippen molar-refractivity contribution in [3.05, 3.63) is 0 Å². The first-order chi connectivity index (χ1) is 10.5. The van der Waals surface area contributed by atoms with Crippen molar-refractivity contribution in [2.24, 2.45) is 11.8 Å². The van der Waals surface area contributed by atoms with Gasteiger partial charge in [0.2, 0.25) is 0 Å². The summed E-state index contributed by atoms with van der Waals surface area (Å²) in [6.45, 7) is 8.83. The topological polar surface area (TPSA) is 52.6 Å². The highest BCUT2D eigenvalue weighted by Crippen LogP contribution is 2.17. The number of unbranched alkanes of at least 4 members (excludes halogenated alkanes) is 3. The third kappa shape index (κ3) is 12.7. The molecule has 130 valence electrons. The van der Waals surface area contributed by atoms with E-state index in [2.05, 4.69) is 13.8 Å². The Bertz CT molecular complexity index is 271. The van der Waals surface area contributed by atoms with E-state index in [0.29, 0.717) is 37.9 Å². The van der Waals surface area contributed by atoms with Gasteiger partial charge in [-0.3, -0.25) is 9.59 Å². The number of esters is 2. The quantitative estimate of drug-likeness (QED) is 0.371. The fraction of sp³-hybridized carbons (Fsp3) is 0.889. The molecule has 4 heteroatoms. The molecule has 0 amide bonds. The second kappa shape index (κ2) is 13.6. The van der Waals surface area contributed by atoms with Crippen LogP contribution >= 0.6 is 0 Å². The molecule has 0 radical (unpaired) electrons. The Morgan fingerprint density at radius 3 is 1.41 bits per heavy atom. The first-order valence-electron chi connectivity index (χ1n) is 8.80. The van der Waals surface area contributed by atoms with Crippen LogP contribution in [0.4, 0.5) is 0 Å². The van der Waals surface area contributed by atoms with Gasteiger partial charge in [0.1, 0.15) is 0 Å². The Kier molecular flexibility index (Phi) is 12.9. The zero-order valence-electron chi connectivity index (χ0n) is 14.9. The molecule has 0 N–H and O–H groups in total. The molecule has 0 spiro atoms. The smallest absolute Gasteiger partial charge is 0.306 e. The highest BCUT2D eigenvalue weighted by Gasteiger charge is 2.11. The Hall–Kier alpha value is -1.06. The van der Waals surface area contributed by atoms with Crippen molar-refractivity contribution in [2.45, 2.75) is 79.1 Å². The summed E-state index contributed by atoms with van der Waals surface area (Å²) in [5.74, 6) is 0.647. The van der Waals surface area contributed by atoms with E-state index in [0.717, 1.165) is 25.7 Å². The number of rotatable bonds is 13. The molecular formula is C18H34O4. The number of carbonyl (C=O) groups excluding carboxylic acids is 2. The molecule has 0 aliphatic heterocycles. The predicted molar refractivity (Wildman–Crippen MR) is 88.5 cm³/mol. The normalized spacial score (nSPS) is 13.5. The first kappa shape index (κ1) is 20.9. The standard InChI is InChI=1S/C18H34O4/c1-5-21-17(19)13-15(3)11-9-7-8-10-12-16(4)14-18(20)22-6-2/h15-16H,5-14H2,1-4H3. The molecule has 0 aliphatic rings. The van der Waals surface area contributed by atoms with Crippen LogP contribution in [0.3, 0.4) is 0 Å². The zero-order chi connectivity index (χ0) is 16.8. The fourth-order valence-electron chi connectivity index (χ4n) is 2.55. The van der Waals surface area contributed by atoms with E-state index in [1.807, 2.05) is 13.8 Å². The molecule has 2 atom stereocenters. The molecule has 0 fully saturated rings. The molecule has 0 saturated heterocycles. The van der Waals surface area contributed by atoms with E-state index in [1.165, 1.54) is 12.8 Å². The minimum absolute atomic E-state index is 0.0807. The molecular weight excluding hydrogens is 280 g/mol. The lowest BCUT2D eigenvalue weighted by Gasteiger charge is -2.11. The number of ether oxygens (including phenoxy) is 2. The summed E-state index contributed by atoms with van der Waals surface area (Å²) >= 11 is 0. The van der Waals surface area contributed by atoms with E-state index >= 15 is 0 Å². The molecule has 2 unspecified atom stereocenters. The lowest BCUT2D eigenvalue weighted by molar-refractivity contribution is -0.145. The molecule has 0 aromatic rings. The van der Waals surface area contributed by atoms with Gasteiger partial charge in [0.05, 0.1) is 13.2 Å². The lowest BCUT2D eigenvalue weighted by atomic mass is 9.97. The largest absolute Gasteiger partial charge is 0.466 e. The van der Waals surface area contributed by atoms with Crippen LogP contribution in [0.5, 0.6) is 0 Å². The second-order valence-electron chi connectivity index (χ2n) is 6.22. The molecule has 22 heavy (non-hydrogen) atoms. The summed E-state index contributed by atoms with van der Waals surface area (Å²) in [6.07, 6.45) is 7.93. The Morgan fingerprint density at radius 1 is 0.727 bits per heavy atom. The summed E-state index contributed by atoms with van der Waals surface area (Å²) in [6, 6.07) is 0. The SMILES string of the molecule is CCOC(=O)CC(C)CCCCCCC(C)CC(=O)OCC. The van der Waals surface area contributed by atoms with Crippen molar-refractivity contribution in [1.29, 1.82) is 0 Å². The van der Waals surface area contributed by atoms with Crippen LogP contribution in [0.1, 0.15) is 79.1 Å². The Labute approximate surface area is 135 Å². The summed E-state index contributed by atoms with van der Waals surface area (Å²) in [5, 5.41) is 0. The van der Waals surface area contributed by atoms with Crippen LogP contribution < -0.4 is 0 Å². The van der Waals surface area contributed by atoms with E-state index in [-0.39, 0.29) is 11.9 Å². The van der Waals surface area contributed by atoms with Gasteiger partial charge < -0.3 is 9.47 Å². The van der Waals surface area contributed by atoms with Crippen molar-refractivity contribution in [3.63, 3.8) is 0 Å². The summed E-state index contributed by atoms with van der Waals surface area (Å²) in [7, 11) is 0. The van der Waals surface area contributed by atoms with E-state index in [1.54, 1.807) is 0 Å². The van der Waals surface area contributed by atoms with Crippen molar-refractivity contribution >= 4 is 11.9 Å². The molecule has 0 saturated carbocycles. The Morgan fingerprint density at radius 2 is 1.09 bits per heavy atom. The van der Waals surface area contributed by atoms with Crippen molar-refractivity contribution in [3.8, 4) is 0 Å². The monoisotopic (exact) mass is 314 g/mol. The van der Waals surface area contributed by atoms with Gasteiger partial charge in [0.15, 0.2) is 0 Å². The predicted octanol–water partition coefficient (Wildman–Crippen LogP) is 4.51.